The SMILES string of the molecule is CNN/C=C(\C)c1cnc2c(N)nccn12. The normalized spacial score (nSPS) is 12.0. The topological polar surface area (TPSA) is 80.3 Å². The van der Waals surface area contributed by atoms with Crippen LogP contribution in [0.15, 0.2) is 24.8 Å². The lowest BCUT2D eigenvalue weighted by atomic mass is 10.2. The Labute approximate surface area is 93.2 Å². The van der Waals surface area contributed by atoms with E-state index >= 15 is 0 Å². The first-order valence-electron chi connectivity index (χ1n) is 4.91. The van der Waals surface area contributed by atoms with Crippen molar-refractivity contribution in [3.05, 3.63) is 30.5 Å². The number of hydrogen-bond acceptors (Lipinski definition) is 5. The minimum Gasteiger partial charge on any atom is -0.381 e. The minimum absolute atomic E-state index is 0.433. The van der Waals surface area contributed by atoms with E-state index in [0.717, 1.165) is 11.3 Å². The largest absolute Gasteiger partial charge is 0.381 e. The molecule has 0 radical (unpaired) electrons. The zero-order valence-corrected chi connectivity index (χ0v) is 9.23. The van der Waals surface area contributed by atoms with Gasteiger partial charge in [0.15, 0.2) is 11.5 Å². The van der Waals surface area contributed by atoms with Crippen molar-refractivity contribution in [1.82, 2.24) is 25.2 Å². The van der Waals surface area contributed by atoms with E-state index in [1.807, 2.05) is 23.7 Å². The van der Waals surface area contributed by atoms with Gasteiger partial charge in [-0.2, -0.15) is 0 Å². The molecule has 0 bridgehead atoms. The van der Waals surface area contributed by atoms with Gasteiger partial charge in [-0.15, -0.1) is 0 Å². The Kier molecular flexibility index (Phi) is 2.74. The Bertz CT molecular complexity index is 527. The summed E-state index contributed by atoms with van der Waals surface area (Å²) in [6.07, 6.45) is 7.13. The van der Waals surface area contributed by atoms with Gasteiger partial charge in [-0.3, -0.25) is 4.40 Å². The van der Waals surface area contributed by atoms with Gasteiger partial charge >= 0.3 is 0 Å². The molecule has 4 N–H and O–H groups in total. The molecule has 16 heavy (non-hydrogen) atoms. The Morgan fingerprint density at radius 1 is 1.50 bits per heavy atom. The Morgan fingerprint density at radius 3 is 3.06 bits per heavy atom. The van der Waals surface area contributed by atoms with E-state index in [1.165, 1.54) is 0 Å². The molecule has 2 aromatic rings. The lowest BCUT2D eigenvalue weighted by molar-refractivity contribution is 0.731. The summed E-state index contributed by atoms with van der Waals surface area (Å²) >= 11 is 0. The van der Waals surface area contributed by atoms with E-state index in [9.17, 15) is 0 Å². The molecule has 0 saturated carbocycles. The number of aromatic nitrogens is 3. The standard InChI is InChI=1S/C10H14N6/c1-7(5-15-12-2)8-6-14-10-9(11)13-3-4-16(8)10/h3-6,12,15H,1-2H3,(H2,11,13)/b7-5+. The number of nitrogens with one attached hydrogen (secondary N) is 2. The van der Waals surface area contributed by atoms with Gasteiger partial charge in [0.2, 0.25) is 0 Å². The second-order valence-corrected chi connectivity index (χ2v) is 3.37. The van der Waals surface area contributed by atoms with Crippen LogP contribution in [0.5, 0.6) is 0 Å². The predicted octanol–water partition coefficient (Wildman–Crippen LogP) is 0.396. The number of nitrogen functional groups attached to an aromatic ring is 1. The molecule has 0 aromatic carbocycles. The third-order valence-corrected chi connectivity index (χ3v) is 2.29. The second-order valence-electron chi connectivity index (χ2n) is 3.37. The molecule has 0 spiro atoms. The minimum atomic E-state index is 0.433. The molecule has 84 valence electrons. The van der Waals surface area contributed by atoms with Gasteiger partial charge in [-0.1, -0.05) is 0 Å². The molecule has 0 unspecified atom stereocenters. The summed E-state index contributed by atoms with van der Waals surface area (Å²) in [7, 11) is 1.81. The molecule has 0 fully saturated rings. The summed E-state index contributed by atoms with van der Waals surface area (Å²) < 4.78 is 1.91. The van der Waals surface area contributed by atoms with Gasteiger partial charge in [-0.25, -0.2) is 15.4 Å². The molecule has 0 aliphatic rings. The van der Waals surface area contributed by atoms with Crippen LogP contribution in [0.2, 0.25) is 0 Å². The van der Waals surface area contributed by atoms with Crippen molar-refractivity contribution in [2.75, 3.05) is 12.8 Å². The van der Waals surface area contributed by atoms with E-state index in [2.05, 4.69) is 20.8 Å². The third kappa shape index (κ3) is 1.70. The zero-order valence-electron chi connectivity index (χ0n) is 9.23. The average Bonchev–Trinajstić information content (AvgIpc) is 2.71. The lowest BCUT2D eigenvalue weighted by Gasteiger charge is -2.03. The quantitative estimate of drug-likeness (QED) is 0.650. The van der Waals surface area contributed by atoms with E-state index in [4.69, 9.17) is 5.73 Å². The smallest absolute Gasteiger partial charge is 0.180 e. The molecule has 0 atom stereocenters. The lowest BCUT2D eigenvalue weighted by Crippen LogP contribution is -2.21. The van der Waals surface area contributed by atoms with E-state index in [-0.39, 0.29) is 0 Å². The molecule has 0 aliphatic carbocycles. The summed E-state index contributed by atoms with van der Waals surface area (Å²) in [5, 5.41) is 0. The third-order valence-electron chi connectivity index (χ3n) is 2.29. The fraction of sp³-hybridized carbons (Fsp3) is 0.200. The highest BCUT2D eigenvalue weighted by Crippen LogP contribution is 2.17. The number of nitrogens with two attached hydrogens (primary N) is 1. The van der Waals surface area contributed by atoms with Crippen molar-refractivity contribution in [2.45, 2.75) is 6.92 Å². The molecule has 2 rings (SSSR count). The second kappa shape index (κ2) is 4.19. The van der Waals surface area contributed by atoms with E-state index < -0.39 is 0 Å². The van der Waals surface area contributed by atoms with Crippen LogP contribution >= 0.6 is 0 Å². The van der Waals surface area contributed by atoms with Crippen LogP contribution in [0.3, 0.4) is 0 Å². The molecule has 2 aromatic heterocycles. The average molecular weight is 218 g/mol. The summed E-state index contributed by atoms with van der Waals surface area (Å²) in [6, 6.07) is 0. The van der Waals surface area contributed by atoms with Crippen LogP contribution in [0.1, 0.15) is 12.6 Å². The molecule has 6 heteroatoms. The number of imidazole rings is 1. The zero-order chi connectivity index (χ0) is 11.5. The maximum atomic E-state index is 5.73. The van der Waals surface area contributed by atoms with Crippen molar-refractivity contribution in [3.8, 4) is 0 Å². The number of rotatable bonds is 3. The Hall–Kier alpha value is -2.08. The number of anilines is 1. The molecule has 0 aliphatic heterocycles. The van der Waals surface area contributed by atoms with Crippen LogP contribution < -0.4 is 16.6 Å². The first-order valence-corrected chi connectivity index (χ1v) is 4.91. The van der Waals surface area contributed by atoms with Gasteiger partial charge in [0.05, 0.1) is 11.9 Å². The molecule has 6 nitrogen and oxygen atoms in total. The summed E-state index contributed by atoms with van der Waals surface area (Å²) in [5.41, 5.74) is 14.2. The van der Waals surface area contributed by atoms with Crippen LogP contribution in [0, 0.1) is 0 Å². The molecular formula is C10H14N6. The molecule has 0 saturated heterocycles. The van der Waals surface area contributed by atoms with Crippen molar-refractivity contribution >= 4 is 17.0 Å². The first-order chi connectivity index (χ1) is 7.74. The Morgan fingerprint density at radius 2 is 2.31 bits per heavy atom. The van der Waals surface area contributed by atoms with Crippen molar-refractivity contribution in [3.63, 3.8) is 0 Å². The van der Waals surface area contributed by atoms with Gasteiger partial charge in [-0.05, 0) is 12.5 Å². The van der Waals surface area contributed by atoms with Crippen LogP contribution in [0.4, 0.5) is 5.82 Å². The summed E-state index contributed by atoms with van der Waals surface area (Å²) in [4.78, 5) is 8.22. The highest BCUT2D eigenvalue weighted by atomic mass is 15.3. The van der Waals surface area contributed by atoms with E-state index in [1.54, 1.807) is 19.4 Å². The summed E-state index contributed by atoms with van der Waals surface area (Å²) in [6.45, 7) is 1.99. The maximum Gasteiger partial charge on any atom is 0.180 e. The fourth-order valence-electron chi connectivity index (χ4n) is 1.49. The monoisotopic (exact) mass is 218 g/mol. The summed E-state index contributed by atoms with van der Waals surface area (Å²) in [5.74, 6) is 0.433. The highest BCUT2D eigenvalue weighted by Gasteiger charge is 2.07. The van der Waals surface area contributed by atoms with Crippen LogP contribution in [0.25, 0.3) is 11.2 Å². The Balaban J connectivity index is 2.50. The highest BCUT2D eigenvalue weighted by molar-refractivity contribution is 5.68. The number of allylic oxidation sites excluding steroid dienone is 1. The molecule has 0 amide bonds. The predicted molar refractivity (Wildman–Crippen MR) is 63.2 cm³/mol. The number of hydrazine groups is 1. The molecular weight excluding hydrogens is 204 g/mol. The van der Waals surface area contributed by atoms with Crippen molar-refractivity contribution < 1.29 is 0 Å². The van der Waals surface area contributed by atoms with Gasteiger partial charge in [0.25, 0.3) is 0 Å². The van der Waals surface area contributed by atoms with Crippen LogP contribution in [-0.4, -0.2) is 21.4 Å². The fourth-order valence-corrected chi connectivity index (χ4v) is 1.49. The maximum absolute atomic E-state index is 5.73. The molecule has 2 heterocycles. The van der Waals surface area contributed by atoms with Gasteiger partial charge in [0, 0.05) is 25.6 Å². The first kappa shape index (κ1) is 10.4. The van der Waals surface area contributed by atoms with E-state index in [0.29, 0.717) is 11.5 Å². The van der Waals surface area contributed by atoms with Crippen molar-refractivity contribution in [2.24, 2.45) is 0 Å². The van der Waals surface area contributed by atoms with Gasteiger partial charge in [0.1, 0.15) is 0 Å². The van der Waals surface area contributed by atoms with Gasteiger partial charge < -0.3 is 11.2 Å². The van der Waals surface area contributed by atoms with Crippen molar-refractivity contribution in [1.29, 1.82) is 0 Å². The number of hydrogen-bond donors (Lipinski definition) is 3. The number of nitrogens with zero attached hydrogens (tertiary/aromatic N) is 3. The van der Waals surface area contributed by atoms with Crippen LogP contribution in [-0.2, 0) is 0 Å². The number of fused-ring (bicyclic) bond motifs is 1.